The van der Waals surface area contributed by atoms with Crippen molar-refractivity contribution in [2.24, 2.45) is 5.92 Å². The van der Waals surface area contributed by atoms with Gasteiger partial charge in [0.1, 0.15) is 5.92 Å². The number of esters is 1. The third-order valence-corrected chi connectivity index (χ3v) is 4.32. The molecule has 4 nitrogen and oxygen atoms in total. The Morgan fingerprint density at radius 1 is 1.33 bits per heavy atom. The number of carbonyl (C=O) groups is 2. The second-order valence-corrected chi connectivity index (χ2v) is 5.51. The second kappa shape index (κ2) is 5.35. The molecule has 110 valence electrons. The van der Waals surface area contributed by atoms with E-state index in [0.29, 0.717) is 12.4 Å². The fraction of sp³-hybridized carbons (Fsp3) is 0.412. The number of hydrogen-bond donors (Lipinski definition) is 0. The summed E-state index contributed by atoms with van der Waals surface area (Å²) in [6.45, 7) is 2.54. The van der Waals surface area contributed by atoms with Gasteiger partial charge >= 0.3 is 5.97 Å². The minimum Gasteiger partial charge on any atom is -0.490 e. The van der Waals surface area contributed by atoms with E-state index in [9.17, 15) is 9.59 Å². The lowest BCUT2D eigenvalue weighted by Crippen LogP contribution is -2.27. The fourth-order valence-electron chi connectivity index (χ4n) is 3.34. The number of aryl methyl sites for hydroxylation is 1. The van der Waals surface area contributed by atoms with Crippen LogP contribution < -0.4 is 0 Å². The number of ketones is 1. The lowest BCUT2D eigenvalue weighted by molar-refractivity contribution is -0.149. The molecule has 2 aliphatic rings. The molecular formula is C17H18O4. The maximum atomic E-state index is 12.6. The van der Waals surface area contributed by atoms with Gasteiger partial charge in [-0.25, -0.2) is 0 Å². The molecule has 0 radical (unpaired) electrons. The molecule has 0 fully saturated rings. The Hall–Kier alpha value is -2.10. The molecule has 0 aromatic heterocycles. The van der Waals surface area contributed by atoms with Crippen molar-refractivity contribution >= 4 is 11.8 Å². The highest BCUT2D eigenvalue weighted by Crippen LogP contribution is 2.47. The molecule has 0 spiro atoms. The van der Waals surface area contributed by atoms with Crippen LogP contribution >= 0.6 is 0 Å². The highest BCUT2D eigenvalue weighted by Gasteiger charge is 2.49. The average Bonchev–Trinajstić information content (AvgIpc) is 2.80. The van der Waals surface area contributed by atoms with Gasteiger partial charge in [0.2, 0.25) is 5.78 Å². The third kappa shape index (κ3) is 2.15. The van der Waals surface area contributed by atoms with Gasteiger partial charge in [0, 0.05) is 5.92 Å². The van der Waals surface area contributed by atoms with Crippen molar-refractivity contribution in [3.05, 3.63) is 46.7 Å². The topological polar surface area (TPSA) is 52.6 Å². The lowest BCUT2D eigenvalue weighted by atomic mass is 9.81. The second-order valence-electron chi connectivity index (χ2n) is 5.51. The van der Waals surface area contributed by atoms with E-state index in [0.717, 1.165) is 29.5 Å². The van der Waals surface area contributed by atoms with E-state index in [-0.39, 0.29) is 11.7 Å². The number of allylic oxidation sites excluding steroid dienone is 2. The lowest BCUT2D eigenvalue weighted by Gasteiger charge is -2.23. The molecule has 0 unspecified atom stereocenters. The van der Waals surface area contributed by atoms with E-state index < -0.39 is 11.9 Å². The standard InChI is InChI=1S/C17H18O4/c1-10-6-3-4-7-11(10)13-12-8-5-9-21-16(12)15(18)14(13)17(19)20-2/h3-4,6-7,13-14H,5,8-9H2,1-2H3/t13-,14+/m1/s1. The number of rotatable bonds is 2. The van der Waals surface area contributed by atoms with Crippen molar-refractivity contribution in [2.75, 3.05) is 13.7 Å². The van der Waals surface area contributed by atoms with E-state index >= 15 is 0 Å². The van der Waals surface area contributed by atoms with Crippen molar-refractivity contribution in [1.29, 1.82) is 0 Å². The molecule has 0 bridgehead atoms. The highest BCUT2D eigenvalue weighted by atomic mass is 16.5. The van der Waals surface area contributed by atoms with Crippen LogP contribution in [0, 0.1) is 12.8 Å². The van der Waals surface area contributed by atoms with Gasteiger partial charge in [0.05, 0.1) is 13.7 Å². The Balaban J connectivity index is 2.12. The molecule has 0 amide bonds. The third-order valence-electron chi connectivity index (χ3n) is 4.32. The average molecular weight is 286 g/mol. The summed E-state index contributed by atoms with van der Waals surface area (Å²) in [7, 11) is 1.32. The van der Waals surface area contributed by atoms with Crippen LogP contribution in [0.2, 0.25) is 0 Å². The Labute approximate surface area is 123 Å². The number of hydrogen-bond acceptors (Lipinski definition) is 4. The summed E-state index contributed by atoms with van der Waals surface area (Å²) in [6.07, 6.45) is 1.68. The van der Waals surface area contributed by atoms with Gasteiger partial charge in [0.15, 0.2) is 5.76 Å². The Kier molecular flexibility index (Phi) is 3.53. The van der Waals surface area contributed by atoms with E-state index in [1.807, 2.05) is 31.2 Å². The molecule has 3 rings (SSSR count). The minimum absolute atomic E-state index is 0.232. The summed E-state index contributed by atoms with van der Waals surface area (Å²) in [5.74, 6) is -1.37. The van der Waals surface area contributed by atoms with Gasteiger partial charge in [-0.3, -0.25) is 9.59 Å². The SMILES string of the molecule is COC(=O)[C@@H]1C(=O)C2=C(CCCO2)[C@H]1c1ccccc1C. The predicted molar refractivity (Wildman–Crippen MR) is 76.6 cm³/mol. The Morgan fingerprint density at radius 3 is 2.81 bits per heavy atom. The molecule has 1 aromatic carbocycles. The Morgan fingerprint density at radius 2 is 2.10 bits per heavy atom. The van der Waals surface area contributed by atoms with E-state index in [1.165, 1.54) is 7.11 Å². The first-order chi connectivity index (χ1) is 10.1. The molecule has 4 heteroatoms. The zero-order chi connectivity index (χ0) is 15.0. The summed E-state index contributed by atoms with van der Waals surface area (Å²) in [6, 6.07) is 7.86. The minimum atomic E-state index is -0.806. The van der Waals surface area contributed by atoms with E-state index in [4.69, 9.17) is 9.47 Å². The van der Waals surface area contributed by atoms with Crippen LogP contribution in [-0.4, -0.2) is 25.5 Å². The summed E-state index contributed by atoms with van der Waals surface area (Å²) in [5.41, 5.74) is 3.04. The van der Waals surface area contributed by atoms with E-state index in [1.54, 1.807) is 0 Å². The molecule has 2 atom stereocenters. The first-order valence-corrected chi connectivity index (χ1v) is 7.18. The molecule has 0 N–H and O–H groups in total. The van der Waals surface area contributed by atoms with Crippen LogP contribution in [-0.2, 0) is 19.1 Å². The molecule has 0 saturated carbocycles. The summed E-state index contributed by atoms with van der Waals surface area (Å²) in [4.78, 5) is 24.7. The summed E-state index contributed by atoms with van der Waals surface area (Å²) < 4.78 is 10.4. The van der Waals surface area contributed by atoms with Crippen molar-refractivity contribution < 1.29 is 19.1 Å². The first kappa shape index (κ1) is 13.9. The first-order valence-electron chi connectivity index (χ1n) is 7.18. The number of carbonyl (C=O) groups excluding carboxylic acids is 2. The van der Waals surface area contributed by atoms with Crippen LogP contribution in [0.4, 0.5) is 0 Å². The highest BCUT2D eigenvalue weighted by molar-refractivity contribution is 6.11. The summed E-state index contributed by atoms with van der Waals surface area (Å²) in [5, 5.41) is 0. The quantitative estimate of drug-likeness (QED) is 0.619. The molecule has 1 heterocycles. The van der Waals surface area contributed by atoms with Crippen LogP contribution in [0.25, 0.3) is 0 Å². The van der Waals surface area contributed by atoms with Gasteiger partial charge in [-0.1, -0.05) is 24.3 Å². The molecular weight excluding hydrogens is 268 g/mol. The van der Waals surface area contributed by atoms with Gasteiger partial charge in [-0.2, -0.15) is 0 Å². The number of ether oxygens (including phenoxy) is 2. The number of benzene rings is 1. The maximum Gasteiger partial charge on any atom is 0.317 e. The van der Waals surface area contributed by atoms with Gasteiger partial charge < -0.3 is 9.47 Å². The number of methoxy groups -OCH3 is 1. The fourth-order valence-corrected chi connectivity index (χ4v) is 3.34. The maximum absolute atomic E-state index is 12.6. The molecule has 21 heavy (non-hydrogen) atoms. The van der Waals surface area contributed by atoms with Gasteiger partial charge in [-0.05, 0) is 36.5 Å². The van der Waals surface area contributed by atoms with E-state index in [2.05, 4.69) is 0 Å². The monoisotopic (exact) mass is 286 g/mol. The zero-order valence-corrected chi connectivity index (χ0v) is 12.2. The molecule has 1 aliphatic heterocycles. The van der Waals surface area contributed by atoms with Crippen LogP contribution in [0.15, 0.2) is 35.6 Å². The van der Waals surface area contributed by atoms with Crippen molar-refractivity contribution in [3.63, 3.8) is 0 Å². The largest absolute Gasteiger partial charge is 0.490 e. The van der Waals surface area contributed by atoms with Crippen LogP contribution in [0.5, 0.6) is 0 Å². The van der Waals surface area contributed by atoms with Gasteiger partial charge in [-0.15, -0.1) is 0 Å². The van der Waals surface area contributed by atoms with Crippen LogP contribution in [0.3, 0.4) is 0 Å². The normalized spacial score (nSPS) is 24.6. The molecule has 1 aromatic rings. The molecule has 1 aliphatic carbocycles. The summed E-state index contributed by atoms with van der Waals surface area (Å²) >= 11 is 0. The predicted octanol–water partition coefficient (Wildman–Crippen LogP) is 2.52. The smallest absolute Gasteiger partial charge is 0.317 e. The van der Waals surface area contributed by atoms with Crippen molar-refractivity contribution in [1.82, 2.24) is 0 Å². The van der Waals surface area contributed by atoms with Gasteiger partial charge in [0.25, 0.3) is 0 Å². The van der Waals surface area contributed by atoms with Crippen molar-refractivity contribution in [3.8, 4) is 0 Å². The zero-order valence-electron chi connectivity index (χ0n) is 12.2. The van der Waals surface area contributed by atoms with Crippen molar-refractivity contribution in [2.45, 2.75) is 25.7 Å². The van der Waals surface area contributed by atoms with Crippen LogP contribution in [0.1, 0.15) is 29.9 Å². The Bertz CT molecular complexity index is 629. The number of Topliss-reactive ketones (excluding diaryl/α,β-unsaturated/α-hetero) is 1. The molecule has 0 saturated heterocycles.